The van der Waals surface area contributed by atoms with Crippen LogP contribution in [-0.4, -0.2) is 30.9 Å². The Balaban J connectivity index is 1.63. The molecule has 2 N–H and O–H groups in total. The second-order valence-corrected chi connectivity index (χ2v) is 5.08. The molecular weight excluding hydrogens is 312 g/mol. The van der Waals surface area contributed by atoms with Gasteiger partial charge in [0.1, 0.15) is 13.2 Å². The number of rotatable bonds is 7. The first-order valence-electron chi connectivity index (χ1n) is 7.34. The lowest BCUT2D eigenvalue weighted by Crippen LogP contribution is -2.39. The second kappa shape index (κ2) is 8.52. The molecular formula is C17H18N2O5. The molecule has 0 fully saturated rings. The number of esters is 1. The van der Waals surface area contributed by atoms with Gasteiger partial charge in [-0.05, 0) is 24.6 Å². The Hall–Kier alpha value is -3.09. The molecule has 2 amide bonds. The molecule has 1 heterocycles. The zero-order valence-electron chi connectivity index (χ0n) is 13.2. The topological polar surface area (TPSA) is 97.6 Å². The minimum Gasteiger partial charge on any atom is -0.460 e. The summed E-state index contributed by atoms with van der Waals surface area (Å²) in [5, 5.41) is 4.74. The normalized spacial score (nSPS) is 10.0. The van der Waals surface area contributed by atoms with Crippen molar-refractivity contribution in [3.05, 3.63) is 59.5 Å². The third kappa shape index (κ3) is 5.60. The van der Waals surface area contributed by atoms with Crippen molar-refractivity contribution in [2.75, 3.05) is 13.1 Å². The smallest absolute Gasteiger partial charge is 0.325 e. The van der Waals surface area contributed by atoms with Crippen molar-refractivity contribution in [1.82, 2.24) is 10.6 Å². The molecule has 0 aliphatic carbocycles. The maximum Gasteiger partial charge on any atom is 0.325 e. The predicted octanol–water partition coefficient (Wildman–Crippen LogP) is 1.18. The van der Waals surface area contributed by atoms with Crippen LogP contribution in [0, 0.1) is 6.92 Å². The Labute approximate surface area is 139 Å². The van der Waals surface area contributed by atoms with Gasteiger partial charge in [-0.3, -0.25) is 14.4 Å². The molecule has 24 heavy (non-hydrogen) atoms. The van der Waals surface area contributed by atoms with E-state index in [2.05, 4.69) is 10.6 Å². The van der Waals surface area contributed by atoms with E-state index in [0.29, 0.717) is 0 Å². The maximum absolute atomic E-state index is 11.6. The minimum atomic E-state index is -0.554. The number of ether oxygens (including phenoxy) is 1. The zero-order chi connectivity index (χ0) is 17.4. The molecule has 2 aromatic rings. The fraction of sp³-hybridized carbons (Fsp3) is 0.235. The summed E-state index contributed by atoms with van der Waals surface area (Å²) >= 11 is 0. The Bertz CT molecular complexity index is 692. The van der Waals surface area contributed by atoms with E-state index in [9.17, 15) is 14.4 Å². The summed E-state index contributed by atoms with van der Waals surface area (Å²) in [6.07, 6.45) is 1.36. The Morgan fingerprint density at radius 3 is 2.46 bits per heavy atom. The van der Waals surface area contributed by atoms with Gasteiger partial charge in [-0.15, -0.1) is 0 Å². The third-order valence-electron chi connectivity index (χ3n) is 3.10. The van der Waals surface area contributed by atoms with Gasteiger partial charge in [-0.25, -0.2) is 0 Å². The van der Waals surface area contributed by atoms with E-state index in [4.69, 9.17) is 9.15 Å². The lowest BCUT2D eigenvalue weighted by molar-refractivity contribution is -0.145. The van der Waals surface area contributed by atoms with Crippen molar-refractivity contribution in [3.8, 4) is 0 Å². The molecule has 0 bridgehead atoms. The van der Waals surface area contributed by atoms with Gasteiger partial charge in [-0.2, -0.15) is 0 Å². The van der Waals surface area contributed by atoms with Crippen LogP contribution in [0.15, 0.2) is 47.1 Å². The van der Waals surface area contributed by atoms with Crippen molar-refractivity contribution < 1.29 is 23.5 Å². The summed E-state index contributed by atoms with van der Waals surface area (Å²) < 4.78 is 9.94. The standard InChI is InChI=1S/C17H18N2O5/c1-12-4-6-13(7-5-12)11-24-16(21)10-18-15(20)9-19-17(22)14-3-2-8-23-14/h2-8H,9-11H2,1H3,(H,18,20)(H,19,22). The van der Waals surface area contributed by atoms with E-state index in [1.807, 2.05) is 31.2 Å². The minimum absolute atomic E-state index is 0.111. The Kier molecular flexibility index (Phi) is 6.13. The third-order valence-corrected chi connectivity index (χ3v) is 3.10. The molecule has 126 valence electrons. The van der Waals surface area contributed by atoms with Crippen LogP contribution in [0.4, 0.5) is 0 Å². The Morgan fingerprint density at radius 1 is 1.04 bits per heavy atom. The first-order valence-corrected chi connectivity index (χ1v) is 7.34. The summed E-state index contributed by atoms with van der Waals surface area (Å²) in [4.78, 5) is 34.7. The number of nitrogens with one attached hydrogen (secondary N) is 2. The average Bonchev–Trinajstić information content (AvgIpc) is 3.12. The van der Waals surface area contributed by atoms with Crippen LogP contribution in [0.2, 0.25) is 0 Å². The van der Waals surface area contributed by atoms with Crippen LogP contribution in [0.1, 0.15) is 21.7 Å². The molecule has 0 unspecified atom stereocenters. The van der Waals surface area contributed by atoms with E-state index in [-0.39, 0.29) is 25.5 Å². The highest BCUT2D eigenvalue weighted by molar-refractivity contribution is 5.94. The summed E-state index contributed by atoms with van der Waals surface area (Å²) in [5.74, 6) is -1.44. The first kappa shape index (κ1) is 17.3. The molecule has 1 aromatic carbocycles. The number of amides is 2. The quantitative estimate of drug-likeness (QED) is 0.743. The van der Waals surface area contributed by atoms with E-state index in [0.717, 1.165) is 11.1 Å². The molecule has 1 aromatic heterocycles. The van der Waals surface area contributed by atoms with E-state index in [1.54, 1.807) is 6.07 Å². The highest BCUT2D eigenvalue weighted by atomic mass is 16.5. The van der Waals surface area contributed by atoms with Gasteiger partial charge < -0.3 is 19.8 Å². The lowest BCUT2D eigenvalue weighted by Gasteiger charge is -2.07. The molecule has 0 saturated carbocycles. The van der Waals surface area contributed by atoms with Gasteiger partial charge in [-0.1, -0.05) is 29.8 Å². The van der Waals surface area contributed by atoms with E-state index >= 15 is 0 Å². The van der Waals surface area contributed by atoms with Crippen LogP contribution in [0.5, 0.6) is 0 Å². The van der Waals surface area contributed by atoms with Crippen LogP contribution in [0.25, 0.3) is 0 Å². The van der Waals surface area contributed by atoms with E-state index in [1.165, 1.54) is 12.3 Å². The number of furan rings is 1. The van der Waals surface area contributed by atoms with Crippen LogP contribution in [0.3, 0.4) is 0 Å². The van der Waals surface area contributed by atoms with Crippen LogP contribution in [-0.2, 0) is 20.9 Å². The first-order chi connectivity index (χ1) is 11.5. The lowest BCUT2D eigenvalue weighted by atomic mass is 10.2. The van der Waals surface area contributed by atoms with Gasteiger partial charge in [0, 0.05) is 0 Å². The second-order valence-electron chi connectivity index (χ2n) is 5.08. The SMILES string of the molecule is Cc1ccc(COC(=O)CNC(=O)CNC(=O)c2ccco2)cc1. The number of aryl methyl sites for hydroxylation is 1. The molecule has 0 spiro atoms. The Morgan fingerprint density at radius 2 is 1.79 bits per heavy atom. The van der Waals surface area contributed by atoms with Gasteiger partial charge in [0.2, 0.25) is 5.91 Å². The molecule has 0 saturated heterocycles. The van der Waals surface area contributed by atoms with Crippen molar-refractivity contribution in [3.63, 3.8) is 0 Å². The van der Waals surface area contributed by atoms with Crippen LogP contribution >= 0.6 is 0 Å². The molecule has 0 aliphatic rings. The molecule has 0 aliphatic heterocycles. The molecule has 0 atom stereocenters. The molecule has 7 heteroatoms. The summed E-state index contributed by atoms with van der Waals surface area (Å²) in [7, 11) is 0. The number of benzene rings is 1. The van der Waals surface area contributed by atoms with Crippen molar-refractivity contribution in [2.45, 2.75) is 13.5 Å². The number of hydrogen-bond donors (Lipinski definition) is 2. The highest BCUT2D eigenvalue weighted by Gasteiger charge is 2.11. The average molecular weight is 330 g/mol. The summed E-state index contributed by atoms with van der Waals surface area (Å²) in [5.41, 5.74) is 1.99. The number of carbonyl (C=O) groups excluding carboxylic acids is 3. The molecule has 7 nitrogen and oxygen atoms in total. The predicted molar refractivity (Wildman–Crippen MR) is 85.0 cm³/mol. The van der Waals surface area contributed by atoms with Crippen molar-refractivity contribution in [2.24, 2.45) is 0 Å². The largest absolute Gasteiger partial charge is 0.460 e. The van der Waals surface area contributed by atoms with E-state index < -0.39 is 17.8 Å². The number of hydrogen-bond acceptors (Lipinski definition) is 5. The maximum atomic E-state index is 11.6. The van der Waals surface area contributed by atoms with Gasteiger partial charge in [0.25, 0.3) is 5.91 Å². The van der Waals surface area contributed by atoms with Gasteiger partial charge >= 0.3 is 5.97 Å². The van der Waals surface area contributed by atoms with Gasteiger partial charge in [0.05, 0.1) is 12.8 Å². The van der Waals surface area contributed by atoms with Crippen molar-refractivity contribution in [1.29, 1.82) is 0 Å². The summed E-state index contributed by atoms with van der Waals surface area (Å²) in [6.45, 7) is 1.59. The highest BCUT2D eigenvalue weighted by Crippen LogP contribution is 2.04. The fourth-order valence-electron chi connectivity index (χ4n) is 1.79. The zero-order valence-corrected chi connectivity index (χ0v) is 13.2. The molecule has 0 radical (unpaired) electrons. The molecule has 2 rings (SSSR count). The van der Waals surface area contributed by atoms with Gasteiger partial charge in [0.15, 0.2) is 5.76 Å². The summed E-state index contributed by atoms with van der Waals surface area (Å²) in [6, 6.07) is 10.6. The fourth-order valence-corrected chi connectivity index (χ4v) is 1.79. The van der Waals surface area contributed by atoms with Crippen molar-refractivity contribution >= 4 is 17.8 Å². The number of carbonyl (C=O) groups is 3. The van der Waals surface area contributed by atoms with Crippen LogP contribution < -0.4 is 10.6 Å². The monoisotopic (exact) mass is 330 g/mol.